The van der Waals surface area contributed by atoms with Gasteiger partial charge in [0.15, 0.2) is 6.29 Å². The van der Waals surface area contributed by atoms with Crippen LogP contribution in [0.2, 0.25) is 5.02 Å². The summed E-state index contributed by atoms with van der Waals surface area (Å²) in [7, 11) is 0. The molecule has 1 aromatic rings. The van der Waals surface area contributed by atoms with Crippen molar-refractivity contribution in [2.45, 2.75) is 5.66 Å². The van der Waals surface area contributed by atoms with Crippen LogP contribution in [0.25, 0.3) is 10.4 Å². The number of aldehydes is 1. The average Bonchev–Trinajstić information content (AvgIpc) is 2.95. The minimum atomic E-state index is -1.32. The lowest BCUT2D eigenvalue weighted by atomic mass is 10.1. The largest absolute Gasteiger partial charge is 0.300 e. The number of hydrogen-bond acceptors (Lipinski definition) is 3. The maximum Gasteiger partial charge on any atom is 0.236 e. The van der Waals surface area contributed by atoms with E-state index in [-0.39, 0.29) is 0 Å². The highest BCUT2D eigenvalue weighted by atomic mass is 35.5. The van der Waals surface area contributed by atoms with Crippen molar-refractivity contribution in [2.75, 3.05) is 0 Å². The lowest BCUT2D eigenvalue weighted by Gasteiger charge is -1.98. The van der Waals surface area contributed by atoms with Gasteiger partial charge in [0.2, 0.25) is 5.66 Å². The Balaban J connectivity index is 2.29. The zero-order valence-corrected chi connectivity index (χ0v) is 8.22. The highest BCUT2D eigenvalue weighted by molar-refractivity contribution is 6.31. The van der Waals surface area contributed by atoms with E-state index in [2.05, 4.69) is 15.0 Å². The molecule has 0 bridgehead atoms. The SMILES string of the molecule is [N-]=[N+]=NC1(C=O)N=C1c1ccc(Cl)cc1. The van der Waals surface area contributed by atoms with Crippen LogP contribution >= 0.6 is 11.6 Å². The molecule has 0 amide bonds. The van der Waals surface area contributed by atoms with Crippen LogP contribution in [0.3, 0.4) is 0 Å². The van der Waals surface area contributed by atoms with Gasteiger partial charge in [0, 0.05) is 9.93 Å². The first kappa shape index (κ1) is 9.71. The maximum absolute atomic E-state index is 10.7. The number of halogens is 1. The molecule has 0 saturated heterocycles. The summed E-state index contributed by atoms with van der Waals surface area (Å²) in [6, 6.07) is 6.81. The second-order valence-corrected chi connectivity index (χ2v) is 3.44. The fraction of sp³-hybridized carbons (Fsp3) is 0.111. The van der Waals surface area contributed by atoms with Crippen molar-refractivity contribution in [1.82, 2.24) is 0 Å². The van der Waals surface area contributed by atoms with Crippen LogP contribution in [0.5, 0.6) is 0 Å². The van der Waals surface area contributed by atoms with Gasteiger partial charge < -0.3 is 4.79 Å². The van der Waals surface area contributed by atoms with E-state index in [4.69, 9.17) is 17.1 Å². The fourth-order valence-electron chi connectivity index (χ4n) is 1.27. The smallest absolute Gasteiger partial charge is 0.236 e. The lowest BCUT2D eigenvalue weighted by molar-refractivity contribution is -0.109. The van der Waals surface area contributed by atoms with Gasteiger partial charge in [0.05, 0.1) is 5.71 Å². The van der Waals surface area contributed by atoms with E-state index >= 15 is 0 Å². The lowest BCUT2D eigenvalue weighted by Crippen LogP contribution is -2.17. The van der Waals surface area contributed by atoms with E-state index in [1.165, 1.54) is 0 Å². The molecular weight excluding hydrogens is 216 g/mol. The normalized spacial score (nSPS) is 22.6. The monoisotopic (exact) mass is 220 g/mol. The third-order valence-electron chi connectivity index (χ3n) is 2.06. The Kier molecular flexibility index (Phi) is 2.19. The van der Waals surface area contributed by atoms with Crippen LogP contribution < -0.4 is 0 Å². The predicted molar refractivity (Wildman–Crippen MR) is 55.9 cm³/mol. The van der Waals surface area contributed by atoms with E-state index in [0.717, 1.165) is 5.56 Å². The van der Waals surface area contributed by atoms with Gasteiger partial charge in [-0.3, -0.25) is 4.99 Å². The summed E-state index contributed by atoms with van der Waals surface area (Å²) in [5.41, 5.74) is 8.18. The molecule has 0 spiro atoms. The van der Waals surface area contributed by atoms with Crippen molar-refractivity contribution in [2.24, 2.45) is 10.1 Å². The number of rotatable bonds is 3. The van der Waals surface area contributed by atoms with Crippen molar-refractivity contribution in [3.63, 3.8) is 0 Å². The number of carbonyl (C=O) groups excluding carboxylic acids is 1. The molecule has 1 atom stereocenters. The Labute approximate surface area is 90.0 Å². The average molecular weight is 221 g/mol. The molecule has 0 fully saturated rings. The van der Waals surface area contributed by atoms with Gasteiger partial charge in [0.25, 0.3) is 0 Å². The van der Waals surface area contributed by atoms with Gasteiger partial charge in [0.1, 0.15) is 0 Å². The molecule has 74 valence electrons. The molecule has 1 unspecified atom stereocenters. The molecule has 5 nitrogen and oxygen atoms in total. The first-order chi connectivity index (χ1) is 7.22. The van der Waals surface area contributed by atoms with Crippen LogP contribution in [0.15, 0.2) is 34.4 Å². The summed E-state index contributed by atoms with van der Waals surface area (Å²) in [4.78, 5) is 17.2. The van der Waals surface area contributed by atoms with Gasteiger partial charge in [-0.05, 0) is 28.3 Å². The second-order valence-electron chi connectivity index (χ2n) is 3.00. The molecule has 2 rings (SSSR count). The first-order valence-corrected chi connectivity index (χ1v) is 4.48. The highest BCUT2D eigenvalue weighted by Gasteiger charge is 2.47. The molecule has 15 heavy (non-hydrogen) atoms. The van der Waals surface area contributed by atoms with E-state index < -0.39 is 5.66 Å². The van der Waals surface area contributed by atoms with Gasteiger partial charge in [-0.1, -0.05) is 23.7 Å². The van der Waals surface area contributed by atoms with E-state index in [9.17, 15) is 4.79 Å². The van der Waals surface area contributed by atoms with Crippen LogP contribution in [-0.2, 0) is 4.79 Å². The molecule has 1 aromatic carbocycles. The van der Waals surface area contributed by atoms with Gasteiger partial charge in [-0.2, -0.15) is 0 Å². The highest BCUT2D eigenvalue weighted by Crippen LogP contribution is 2.32. The quantitative estimate of drug-likeness (QED) is 0.333. The topological polar surface area (TPSA) is 78.2 Å². The van der Waals surface area contributed by atoms with Crippen molar-refractivity contribution < 1.29 is 4.79 Å². The first-order valence-electron chi connectivity index (χ1n) is 4.11. The van der Waals surface area contributed by atoms with Crippen molar-refractivity contribution in [1.29, 1.82) is 0 Å². The summed E-state index contributed by atoms with van der Waals surface area (Å²) in [5, 5.41) is 3.94. The van der Waals surface area contributed by atoms with Crippen molar-refractivity contribution in [3.8, 4) is 0 Å². The Hall–Kier alpha value is -1.84. The third-order valence-corrected chi connectivity index (χ3v) is 2.31. The number of benzene rings is 1. The standard InChI is InChI=1S/C9H5ClN4O/c10-7-3-1-6(2-4-7)8-9(5-15,12-8)13-14-11/h1-5H. The third kappa shape index (κ3) is 1.58. The summed E-state index contributed by atoms with van der Waals surface area (Å²) >= 11 is 5.71. The molecule has 0 saturated carbocycles. The minimum absolute atomic E-state index is 0.479. The molecule has 1 aliphatic rings. The molecule has 0 N–H and O–H groups in total. The summed E-state index contributed by atoms with van der Waals surface area (Å²) in [6.45, 7) is 0. The molecule has 1 aliphatic heterocycles. The Bertz CT molecular complexity index is 489. The zero-order chi connectivity index (χ0) is 10.9. The zero-order valence-electron chi connectivity index (χ0n) is 7.46. The van der Waals surface area contributed by atoms with Crippen molar-refractivity contribution in [3.05, 3.63) is 45.3 Å². The number of nitrogens with zero attached hydrogens (tertiary/aromatic N) is 4. The maximum atomic E-state index is 10.7. The Morgan fingerprint density at radius 2 is 2.13 bits per heavy atom. The number of azide groups is 1. The fourth-order valence-corrected chi connectivity index (χ4v) is 1.40. The van der Waals surface area contributed by atoms with Crippen molar-refractivity contribution >= 4 is 23.6 Å². The minimum Gasteiger partial charge on any atom is -0.300 e. The molecule has 0 aliphatic carbocycles. The number of carbonyl (C=O) groups is 1. The second kappa shape index (κ2) is 3.38. The van der Waals surface area contributed by atoms with Crippen LogP contribution in [0, 0.1) is 0 Å². The number of hydrogen-bond donors (Lipinski definition) is 0. The molecule has 0 aromatic heterocycles. The van der Waals surface area contributed by atoms with Gasteiger partial charge in [-0.15, -0.1) is 0 Å². The van der Waals surface area contributed by atoms with E-state index in [0.29, 0.717) is 17.0 Å². The number of aliphatic imine (C=N–C) groups is 1. The van der Waals surface area contributed by atoms with Crippen LogP contribution in [-0.4, -0.2) is 17.7 Å². The molecule has 6 heteroatoms. The molecule has 0 radical (unpaired) electrons. The van der Waals surface area contributed by atoms with E-state index in [1.807, 2.05) is 0 Å². The molecule has 1 heterocycles. The van der Waals surface area contributed by atoms with E-state index in [1.54, 1.807) is 24.3 Å². The summed E-state index contributed by atoms with van der Waals surface area (Å²) in [5.74, 6) is 0. The summed E-state index contributed by atoms with van der Waals surface area (Å²) in [6.07, 6.45) is 0.524. The van der Waals surface area contributed by atoms with Crippen LogP contribution in [0.1, 0.15) is 5.56 Å². The Morgan fingerprint density at radius 1 is 1.47 bits per heavy atom. The predicted octanol–water partition coefficient (Wildman–Crippen LogP) is 2.35. The van der Waals surface area contributed by atoms with Crippen LogP contribution in [0.4, 0.5) is 0 Å². The summed E-state index contributed by atoms with van der Waals surface area (Å²) < 4.78 is 0. The van der Waals surface area contributed by atoms with Gasteiger partial charge in [-0.25, -0.2) is 0 Å². The van der Waals surface area contributed by atoms with Gasteiger partial charge >= 0.3 is 0 Å². The molecular formula is C9H5ClN4O. The Morgan fingerprint density at radius 3 is 2.67 bits per heavy atom.